The summed E-state index contributed by atoms with van der Waals surface area (Å²) in [5.41, 5.74) is 5.63. The van der Waals surface area contributed by atoms with Crippen molar-refractivity contribution >= 4 is 5.91 Å². The van der Waals surface area contributed by atoms with Crippen LogP contribution in [0.2, 0.25) is 0 Å². The molecule has 3 nitrogen and oxygen atoms in total. The Morgan fingerprint density at radius 3 is 2.93 bits per heavy atom. The van der Waals surface area contributed by atoms with Crippen molar-refractivity contribution < 1.29 is 4.79 Å². The molecule has 1 saturated heterocycles. The Kier molecular flexibility index (Phi) is 4.39. The lowest BCUT2D eigenvalue weighted by atomic mass is 10.00. The summed E-state index contributed by atoms with van der Waals surface area (Å²) in [6.45, 7) is 6.05. The maximum absolute atomic E-state index is 11.7. The Morgan fingerprint density at radius 1 is 1.64 bits per heavy atom. The van der Waals surface area contributed by atoms with Gasteiger partial charge < -0.3 is 10.6 Å². The molecule has 2 unspecified atom stereocenters. The summed E-state index contributed by atoms with van der Waals surface area (Å²) in [4.78, 5) is 13.7. The maximum Gasteiger partial charge on any atom is 0.222 e. The van der Waals surface area contributed by atoms with Crippen molar-refractivity contribution in [2.24, 2.45) is 11.7 Å². The van der Waals surface area contributed by atoms with E-state index in [1.165, 1.54) is 6.42 Å². The van der Waals surface area contributed by atoms with E-state index >= 15 is 0 Å². The molecule has 0 aromatic heterocycles. The van der Waals surface area contributed by atoms with Gasteiger partial charge in [0.2, 0.25) is 5.91 Å². The normalized spacial score (nSPS) is 24.8. The second kappa shape index (κ2) is 5.35. The van der Waals surface area contributed by atoms with Crippen LogP contribution >= 0.6 is 0 Å². The van der Waals surface area contributed by atoms with Crippen LogP contribution in [0, 0.1) is 5.92 Å². The molecule has 0 aromatic carbocycles. The first kappa shape index (κ1) is 11.5. The minimum atomic E-state index is 0.140. The molecule has 14 heavy (non-hydrogen) atoms. The molecule has 1 rings (SSSR count). The molecular formula is C11H22N2O. The van der Waals surface area contributed by atoms with Gasteiger partial charge in [-0.25, -0.2) is 0 Å². The minimum absolute atomic E-state index is 0.140. The van der Waals surface area contributed by atoms with Crippen LogP contribution in [-0.2, 0) is 4.79 Å². The van der Waals surface area contributed by atoms with Crippen molar-refractivity contribution in [3.8, 4) is 0 Å². The van der Waals surface area contributed by atoms with Gasteiger partial charge in [0.1, 0.15) is 0 Å². The lowest BCUT2D eigenvalue weighted by Gasteiger charge is -2.31. The number of carbonyl (C=O) groups is 1. The summed E-state index contributed by atoms with van der Waals surface area (Å²) >= 11 is 0. The third kappa shape index (κ3) is 3.66. The number of nitrogens with two attached hydrogens (primary N) is 1. The minimum Gasteiger partial charge on any atom is -0.342 e. The smallest absolute Gasteiger partial charge is 0.222 e. The van der Waals surface area contributed by atoms with Crippen molar-refractivity contribution in [1.82, 2.24) is 4.90 Å². The first-order valence-electron chi connectivity index (χ1n) is 5.63. The van der Waals surface area contributed by atoms with Gasteiger partial charge >= 0.3 is 0 Å². The van der Waals surface area contributed by atoms with Crippen molar-refractivity contribution in [3.63, 3.8) is 0 Å². The van der Waals surface area contributed by atoms with Gasteiger partial charge in [0.05, 0.1) is 0 Å². The van der Waals surface area contributed by atoms with E-state index in [4.69, 9.17) is 5.73 Å². The van der Waals surface area contributed by atoms with Crippen LogP contribution in [0.3, 0.4) is 0 Å². The predicted octanol–water partition coefficient (Wildman–Crippen LogP) is 1.37. The Bertz CT molecular complexity index is 192. The third-order valence-electron chi connectivity index (χ3n) is 2.82. The number of nitrogens with zero attached hydrogens (tertiary/aromatic N) is 1. The van der Waals surface area contributed by atoms with Gasteiger partial charge in [-0.05, 0) is 32.1 Å². The summed E-state index contributed by atoms with van der Waals surface area (Å²) in [6, 6.07) is 0.140. The van der Waals surface area contributed by atoms with Gasteiger partial charge in [-0.3, -0.25) is 4.79 Å². The second-order valence-corrected chi connectivity index (χ2v) is 4.60. The highest BCUT2D eigenvalue weighted by atomic mass is 16.2. The monoisotopic (exact) mass is 198 g/mol. The summed E-state index contributed by atoms with van der Waals surface area (Å²) in [7, 11) is 0. The molecule has 2 atom stereocenters. The number of likely N-dealkylation sites (tertiary alicyclic amines) is 1. The number of hydrogen-bond donors (Lipinski definition) is 1. The zero-order chi connectivity index (χ0) is 10.6. The average molecular weight is 198 g/mol. The highest BCUT2D eigenvalue weighted by molar-refractivity contribution is 5.76. The first-order valence-corrected chi connectivity index (χ1v) is 5.63. The Balaban J connectivity index is 2.29. The molecule has 82 valence electrons. The van der Waals surface area contributed by atoms with Crippen LogP contribution in [0.15, 0.2) is 0 Å². The summed E-state index contributed by atoms with van der Waals surface area (Å²) in [5.74, 6) is 0.955. The summed E-state index contributed by atoms with van der Waals surface area (Å²) in [6.07, 6.45) is 3.84. The maximum atomic E-state index is 11.7. The van der Waals surface area contributed by atoms with Crippen LogP contribution in [0.5, 0.6) is 0 Å². The standard InChI is InChI=1S/C11H22N2O/c1-9-4-3-7-13(8-9)11(14)6-5-10(2)12/h9-10H,3-8,12H2,1-2H3. The molecule has 0 bridgehead atoms. The van der Waals surface area contributed by atoms with Gasteiger partial charge in [-0.15, -0.1) is 0 Å². The summed E-state index contributed by atoms with van der Waals surface area (Å²) < 4.78 is 0. The molecule has 1 heterocycles. The summed E-state index contributed by atoms with van der Waals surface area (Å²) in [5, 5.41) is 0. The molecule has 0 radical (unpaired) electrons. The van der Waals surface area contributed by atoms with E-state index in [1.54, 1.807) is 0 Å². The molecule has 2 N–H and O–H groups in total. The molecule has 3 heteroatoms. The number of piperidine rings is 1. The van der Waals surface area contributed by atoms with Crippen LogP contribution in [0.4, 0.5) is 0 Å². The van der Waals surface area contributed by atoms with Gasteiger partial charge in [-0.1, -0.05) is 6.92 Å². The quantitative estimate of drug-likeness (QED) is 0.744. The highest BCUT2D eigenvalue weighted by Crippen LogP contribution is 2.16. The van der Waals surface area contributed by atoms with Gasteiger partial charge in [0.25, 0.3) is 0 Å². The molecule has 0 saturated carbocycles. The molecule has 1 amide bonds. The number of carbonyl (C=O) groups excluding carboxylic acids is 1. The average Bonchev–Trinajstić information content (AvgIpc) is 2.14. The fourth-order valence-electron chi connectivity index (χ4n) is 1.93. The zero-order valence-corrected chi connectivity index (χ0v) is 9.33. The van der Waals surface area contributed by atoms with E-state index in [0.29, 0.717) is 12.3 Å². The van der Waals surface area contributed by atoms with Crippen molar-refractivity contribution in [2.45, 2.75) is 45.6 Å². The zero-order valence-electron chi connectivity index (χ0n) is 9.33. The van der Waals surface area contributed by atoms with Crippen LogP contribution < -0.4 is 5.73 Å². The topological polar surface area (TPSA) is 46.3 Å². The Labute approximate surface area is 86.6 Å². The van der Waals surface area contributed by atoms with E-state index < -0.39 is 0 Å². The van der Waals surface area contributed by atoms with E-state index in [0.717, 1.165) is 25.9 Å². The second-order valence-electron chi connectivity index (χ2n) is 4.60. The van der Waals surface area contributed by atoms with Crippen LogP contribution in [0.1, 0.15) is 39.5 Å². The van der Waals surface area contributed by atoms with E-state index in [-0.39, 0.29) is 11.9 Å². The third-order valence-corrected chi connectivity index (χ3v) is 2.82. The molecule has 1 aliphatic heterocycles. The van der Waals surface area contributed by atoms with E-state index in [2.05, 4.69) is 6.92 Å². The van der Waals surface area contributed by atoms with E-state index in [9.17, 15) is 4.79 Å². The number of amides is 1. The number of rotatable bonds is 3. The van der Waals surface area contributed by atoms with Crippen molar-refractivity contribution in [1.29, 1.82) is 0 Å². The SMILES string of the molecule is CC(N)CCC(=O)N1CCCC(C)C1. The lowest BCUT2D eigenvalue weighted by Crippen LogP contribution is -2.39. The van der Waals surface area contributed by atoms with Gasteiger partial charge in [-0.2, -0.15) is 0 Å². The number of hydrogen-bond acceptors (Lipinski definition) is 2. The van der Waals surface area contributed by atoms with E-state index in [1.807, 2.05) is 11.8 Å². The predicted molar refractivity (Wildman–Crippen MR) is 57.9 cm³/mol. The van der Waals surface area contributed by atoms with Crippen molar-refractivity contribution in [2.75, 3.05) is 13.1 Å². The van der Waals surface area contributed by atoms with Crippen molar-refractivity contribution in [3.05, 3.63) is 0 Å². The van der Waals surface area contributed by atoms with Crippen LogP contribution in [-0.4, -0.2) is 29.9 Å². The fraction of sp³-hybridized carbons (Fsp3) is 0.909. The molecule has 0 aliphatic carbocycles. The molecular weight excluding hydrogens is 176 g/mol. The van der Waals surface area contributed by atoms with Crippen LogP contribution in [0.25, 0.3) is 0 Å². The highest BCUT2D eigenvalue weighted by Gasteiger charge is 2.20. The lowest BCUT2D eigenvalue weighted by molar-refractivity contribution is -0.133. The largest absolute Gasteiger partial charge is 0.342 e. The van der Waals surface area contributed by atoms with Gasteiger partial charge in [0.15, 0.2) is 0 Å². The van der Waals surface area contributed by atoms with Gasteiger partial charge in [0, 0.05) is 25.6 Å². The molecule has 1 aliphatic rings. The molecule has 1 fully saturated rings. The molecule has 0 spiro atoms. The molecule has 0 aromatic rings. The Hall–Kier alpha value is -0.570. The Morgan fingerprint density at radius 2 is 2.36 bits per heavy atom. The first-order chi connectivity index (χ1) is 6.59. The fourth-order valence-corrected chi connectivity index (χ4v) is 1.93.